The van der Waals surface area contributed by atoms with Gasteiger partial charge in [0.1, 0.15) is 6.61 Å². The molecule has 0 aromatic heterocycles. The van der Waals surface area contributed by atoms with E-state index in [0.717, 1.165) is 11.3 Å². The molecule has 1 atom stereocenters. The SMILES string of the molecule is C[Si](C)(C)OC1=CCOC(C2=CC(=O)OC2)C1. The van der Waals surface area contributed by atoms with Gasteiger partial charge in [-0.3, -0.25) is 0 Å². The Balaban J connectivity index is 1.99. The van der Waals surface area contributed by atoms with Gasteiger partial charge in [0, 0.05) is 18.1 Å². The van der Waals surface area contributed by atoms with Gasteiger partial charge >= 0.3 is 5.97 Å². The van der Waals surface area contributed by atoms with E-state index in [4.69, 9.17) is 13.9 Å². The van der Waals surface area contributed by atoms with Crippen molar-refractivity contribution in [1.29, 1.82) is 0 Å². The first kappa shape index (κ1) is 12.4. The maximum absolute atomic E-state index is 11.0. The highest BCUT2D eigenvalue weighted by Gasteiger charge is 2.28. The molecule has 0 saturated heterocycles. The Hall–Kier alpha value is -1.07. The molecular formula is C12H18O4Si. The van der Waals surface area contributed by atoms with Crippen LogP contribution in [0.15, 0.2) is 23.5 Å². The lowest BCUT2D eigenvalue weighted by Crippen LogP contribution is -2.29. The van der Waals surface area contributed by atoms with Gasteiger partial charge in [-0.25, -0.2) is 4.79 Å². The first-order valence-corrected chi connectivity index (χ1v) is 9.22. The van der Waals surface area contributed by atoms with Crippen molar-refractivity contribution < 1.29 is 18.7 Å². The Bertz CT molecular complexity index is 378. The van der Waals surface area contributed by atoms with E-state index in [-0.39, 0.29) is 12.1 Å². The number of ether oxygens (including phenoxy) is 2. The average molecular weight is 254 g/mol. The molecule has 0 spiro atoms. The Morgan fingerprint density at radius 3 is 2.76 bits per heavy atom. The summed E-state index contributed by atoms with van der Waals surface area (Å²) in [6, 6.07) is 0. The minimum Gasteiger partial charge on any atom is -0.547 e. The van der Waals surface area contributed by atoms with Crippen LogP contribution in [0.3, 0.4) is 0 Å². The van der Waals surface area contributed by atoms with Gasteiger partial charge in [0.2, 0.25) is 8.32 Å². The van der Waals surface area contributed by atoms with Crippen LogP contribution in [0, 0.1) is 0 Å². The van der Waals surface area contributed by atoms with Crippen LogP contribution in [-0.2, 0) is 18.7 Å². The van der Waals surface area contributed by atoms with Crippen molar-refractivity contribution >= 4 is 14.3 Å². The number of cyclic esters (lactones) is 1. The fourth-order valence-corrected chi connectivity index (χ4v) is 2.83. The molecule has 4 nitrogen and oxygen atoms in total. The quantitative estimate of drug-likeness (QED) is 0.571. The zero-order valence-electron chi connectivity index (χ0n) is 10.5. The van der Waals surface area contributed by atoms with Gasteiger partial charge in [0.05, 0.1) is 18.5 Å². The van der Waals surface area contributed by atoms with Crippen LogP contribution in [0.25, 0.3) is 0 Å². The monoisotopic (exact) mass is 254 g/mol. The second-order valence-electron chi connectivity index (χ2n) is 5.24. The predicted molar refractivity (Wildman–Crippen MR) is 65.9 cm³/mol. The molecule has 0 aromatic rings. The number of hydrogen-bond acceptors (Lipinski definition) is 4. The third kappa shape index (κ3) is 3.44. The molecule has 0 fully saturated rings. The molecule has 0 radical (unpaired) electrons. The largest absolute Gasteiger partial charge is 0.547 e. The van der Waals surface area contributed by atoms with E-state index in [1.807, 2.05) is 6.08 Å². The summed E-state index contributed by atoms with van der Waals surface area (Å²) in [5, 5.41) is 0. The van der Waals surface area contributed by atoms with Crippen molar-refractivity contribution in [3.63, 3.8) is 0 Å². The molecule has 0 amide bonds. The van der Waals surface area contributed by atoms with E-state index in [2.05, 4.69) is 19.6 Å². The lowest BCUT2D eigenvalue weighted by molar-refractivity contribution is -0.135. The lowest BCUT2D eigenvalue weighted by Gasteiger charge is -2.28. The van der Waals surface area contributed by atoms with Gasteiger partial charge in [0.15, 0.2) is 0 Å². The lowest BCUT2D eigenvalue weighted by atomic mass is 10.1. The van der Waals surface area contributed by atoms with Crippen molar-refractivity contribution in [1.82, 2.24) is 0 Å². The highest BCUT2D eigenvalue weighted by molar-refractivity contribution is 6.70. The molecule has 2 aliphatic heterocycles. The molecule has 0 bridgehead atoms. The Kier molecular flexibility index (Phi) is 3.39. The third-order valence-electron chi connectivity index (χ3n) is 2.53. The summed E-state index contributed by atoms with van der Waals surface area (Å²) >= 11 is 0. The number of esters is 1. The summed E-state index contributed by atoms with van der Waals surface area (Å²) in [6.45, 7) is 7.35. The van der Waals surface area contributed by atoms with E-state index in [1.54, 1.807) is 0 Å². The molecule has 1 unspecified atom stereocenters. The van der Waals surface area contributed by atoms with E-state index in [9.17, 15) is 4.79 Å². The first-order valence-electron chi connectivity index (χ1n) is 5.81. The Labute approximate surface area is 102 Å². The van der Waals surface area contributed by atoms with Crippen LogP contribution in [-0.4, -0.2) is 33.6 Å². The van der Waals surface area contributed by atoms with Crippen molar-refractivity contribution in [2.24, 2.45) is 0 Å². The average Bonchev–Trinajstić information content (AvgIpc) is 2.63. The fourth-order valence-electron chi connectivity index (χ4n) is 1.87. The van der Waals surface area contributed by atoms with Crippen LogP contribution in [0.2, 0.25) is 19.6 Å². The standard InChI is InChI=1S/C12H18O4Si/c1-17(2,3)16-10-4-5-14-11(7-10)9-6-12(13)15-8-9/h4,6,11H,5,7-8H2,1-3H3. The second kappa shape index (κ2) is 4.66. The molecule has 17 heavy (non-hydrogen) atoms. The maximum Gasteiger partial charge on any atom is 0.331 e. The zero-order valence-corrected chi connectivity index (χ0v) is 11.5. The van der Waals surface area contributed by atoms with Crippen molar-refractivity contribution in [2.45, 2.75) is 32.2 Å². The van der Waals surface area contributed by atoms with E-state index in [0.29, 0.717) is 19.6 Å². The molecule has 2 rings (SSSR count). The summed E-state index contributed by atoms with van der Waals surface area (Å²) in [5.41, 5.74) is 0.916. The van der Waals surface area contributed by atoms with Crippen LogP contribution in [0.5, 0.6) is 0 Å². The molecule has 0 aliphatic carbocycles. The summed E-state index contributed by atoms with van der Waals surface area (Å²) in [5.74, 6) is 0.714. The number of carbonyl (C=O) groups is 1. The van der Waals surface area contributed by atoms with Crippen LogP contribution < -0.4 is 0 Å². The minimum absolute atomic E-state index is 0.0715. The van der Waals surface area contributed by atoms with Gasteiger partial charge in [-0.15, -0.1) is 0 Å². The van der Waals surface area contributed by atoms with Gasteiger partial charge in [-0.05, 0) is 25.7 Å². The van der Waals surface area contributed by atoms with E-state index in [1.165, 1.54) is 6.08 Å². The van der Waals surface area contributed by atoms with Crippen LogP contribution >= 0.6 is 0 Å². The topological polar surface area (TPSA) is 44.8 Å². The molecule has 2 aliphatic rings. The predicted octanol–water partition coefficient (Wildman–Crippen LogP) is 1.99. The maximum atomic E-state index is 11.0. The number of carbonyl (C=O) groups excluding carboxylic acids is 1. The number of hydrogen-bond donors (Lipinski definition) is 0. The molecular weight excluding hydrogens is 236 g/mol. The Morgan fingerprint density at radius 2 is 2.18 bits per heavy atom. The van der Waals surface area contributed by atoms with Crippen LogP contribution in [0.1, 0.15) is 6.42 Å². The van der Waals surface area contributed by atoms with E-state index < -0.39 is 8.32 Å². The van der Waals surface area contributed by atoms with E-state index >= 15 is 0 Å². The third-order valence-corrected chi connectivity index (χ3v) is 3.40. The second-order valence-corrected chi connectivity index (χ2v) is 9.67. The van der Waals surface area contributed by atoms with Gasteiger partial charge in [0.25, 0.3) is 0 Å². The highest BCUT2D eigenvalue weighted by atomic mass is 28.4. The summed E-state index contributed by atoms with van der Waals surface area (Å²) in [7, 11) is -1.57. The normalized spacial score (nSPS) is 25.1. The molecule has 2 heterocycles. The van der Waals surface area contributed by atoms with Crippen molar-refractivity contribution in [3.05, 3.63) is 23.5 Å². The molecule has 0 N–H and O–H groups in total. The summed E-state index contributed by atoms with van der Waals surface area (Å²) in [6.07, 6.45) is 4.14. The molecule has 0 saturated carbocycles. The smallest absolute Gasteiger partial charge is 0.331 e. The minimum atomic E-state index is -1.57. The van der Waals surface area contributed by atoms with Gasteiger partial charge in [-0.2, -0.15) is 0 Å². The summed E-state index contributed by atoms with van der Waals surface area (Å²) < 4.78 is 16.5. The fraction of sp³-hybridized carbons (Fsp3) is 0.583. The van der Waals surface area contributed by atoms with Crippen molar-refractivity contribution in [2.75, 3.05) is 13.2 Å². The Morgan fingerprint density at radius 1 is 1.41 bits per heavy atom. The number of rotatable bonds is 3. The summed E-state index contributed by atoms with van der Waals surface area (Å²) in [4.78, 5) is 11.0. The van der Waals surface area contributed by atoms with Gasteiger partial charge < -0.3 is 13.9 Å². The molecule has 94 valence electrons. The van der Waals surface area contributed by atoms with Gasteiger partial charge in [-0.1, -0.05) is 0 Å². The van der Waals surface area contributed by atoms with Crippen molar-refractivity contribution in [3.8, 4) is 0 Å². The molecule has 5 heteroatoms. The first-order chi connectivity index (χ1) is 7.94. The highest BCUT2D eigenvalue weighted by Crippen LogP contribution is 2.26. The molecule has 0 aromatic carbocycles. The van der Waals surface area contributed by atoms with Crippen LogP contribution in [0.4, 0.5) is 0 Å². The zero-order chi connectivity index (χ0) is 12.5.